The highest BCUT2D eigenvalue weighted by Crippen LogP contribution is 2.24. The number of aliphatic hydroxyl groups excluding tert-OH is 1. The number of benzene rings is 1. The fraction of sp³-hybridized carbons (Fsp3) is 0.474. The normalized spacial score (nSPS) is 17.5. The van der Waals surface area contributed by atoms with E-state index in [-0.39, 0.29) is 0 Å². The molecule has 1 aromatic heterocycles. The predicted molar refractivity (Wildman–Crippen MR) is 88.5 cm³/mol. The summed E-state index contributed by atoms with van der Waals surface area (Å²) in [6, 6.07) is 12.6. The molecular formula is C19H25NO2. The monoisotopic (exact) mass is 299 g/mol. The van der Waals surface area contributed by atoms with Crippen molar-refractivity contribution >= 4 is 0 Å². The fourth-order valence-electron chi connectivity index (χ4n) is 3.11. The summed E-state index contributed by atoms with van der Waals surface area (Å²) >= 11 is 0. The summed E-state index contributed by atoms with van der Waals surface area (Å²) in [5.74, 6) is 1.87. The summed E-state index contributed by atoms with van der Waals surface area (Å²) in [6.45, 7) is 2.58. The van der Waals surface area contributed by atoms with Gasteiger partial charge in [0.25, 0.3) is 0 Å². The average molecular weight is 299 g/mol. The van der Waals surface area contributed by atoms with Crippen molar-refractivity contribution in [2.75, 3.05) is 0 Å². The second-order valence-electron chi connectivity index (χ2n) is 6.28. The number of hydrogen-bond donors (Lipinski definition) is 2. The van der Waals surface area contributed by atoms with E-state index in [0.717, 1.165) is 29.2 Å². The van der Waals surface area contributed by atoms with E-state index in [1.54, 1.807) is 6.92 Å². The number of nitrogens with one attached hydrogen (secondary N) is 1. The van der Waals surface area contributed by atoms with Crippen LogP contribution in [0.1, 0.15) is 56.5 Å². The van der Waals surface area contributed by atoms with Crippen LogP contribution in [0.15, 0.2) is 40.8 Å². The molecule has 3 heteroatoms. The Kier molecular flexibility index (Phi) is 4.96. The summed E-state index contributed by atoms with van der Waals surface area (Å²) in [4.78, 5) is 0. The molecule has 1 aliphatic carbocycles. The molecule has 2 aromatic rings. The number of aliphatic hydroxyl groups is 1. The molecule has 0 radical (unpaired) electrons. The van der Waals surface area contributed by atoms with Crippen LogP contribution >= 0.6 is 0 Å². The van der Waals surface area contributed by atoms with Gasteiger partial charge >= 0.3 is 0 Å². The van der Waals surface area contributed by atoms with Gasteiger partial charge in [0.15, 0.2) is 0 Å². The van der Waals surface area contributed by atoms with E-state index in [1.807, 2.05) is 36.4 Å². The van der Waals surface area contributed by atoms with E-state index in [0.29, 0.717) is 6.04 Å². The molecule has 1 fully saturated rings. The predicted octanol–water partition coefficient (Wildman–Crippen LogP) is 4.42. The maximum Gasteiger partial charge on any atom is 0.134 e. The van der Waals surface area contributed by atoms with E-state index < -0.39 is 6.10 Å². The number of furan rings is 1. The van der Waals surface area contributed by atoms with Gasteiger partial charge in [-0.1, -0.05) is 43.5 Å². The molecule has 0 unspecified atom stereocenters. The molecule has 3 rings (SSSR count). The third kappa shape index (κ3) is 3.79. The highest BCUT2D eigenvalue weighted by molar-refractivity contribution is 5.58. The Hall–Kier alpha value is -1.58. The lowest BCUT2D eigenvalue weighted by molar-refractivity contribution is 0.199. The van der Waals surface area contributed by atoms with Gasteiger partial charge in [-0.25, -0.2) is 0 Å². The maximum atomic E-state index is 9.55. The van der Waals surface area contributed by atoms with Crippen molar-refractivity contribution in [2.24, 2.45) is 0 Å². The molecular weight excluding hydrogens is 274 g/mol. The summed E-state index contributed by atoms with van der Waals surface area (Å²) in [7, 11) is 0. The minimum absolute atomic E-state index is 0.430. The van der Waals surface area contributed by atoms with Gasteiger partial charge in [-0.2, -0.15) is 0 Å². The Morgan fingerprint density at radius 1 is 1.09 bits per heavy atom. The topological polar surface area (TPSA) is 45.4 Å². The minimum Gasteiger partial charge on any atom is -0.460 e. The zero-order chi connectivity index (χ0) is 15.4. The smallest absolute Gasteiger partial charge is 0.134 e. The van der Waals surface area contributed by atoms with Gasteiger partial charge in [-0.3, -0.25) is 0 Å². The maximum absolute atomic E-state index is 9.55. The van der Waals surface area contributed by atoms with Crippen LogP contribution in [0.4, 0.5) is 0 Å². The van der Waals surface area contributed by atoms with Gasteiger partial charge in [0.1, 0.15) is 11.5 Å². The van der Waals surface area contributed by atoms with Crippen molar-refractivity contribution in [3.63, 3.8) is 0 Å². The molecule has 0 spiro atoms. The Morgan fingerprint density at radius 3 is 2.50 bits per heavy atom. The third-order valence-electron chi connectivity index (χ3n) is 4.51. The molecule has 1 aliphatic rings. The first-order valence-corrected chi connectivity index (χ1v) is 8.33. The molecule has 1 aromatic carbocycles. The second-order valence-corrected chi connectivity index (χ2v) is 6.28. The first-order chi connectivity index (χ1) is 10.7. The van der Waals surface area contributed by atoms with Gasteiger partial charge in [0.2, 0.25) is 0 Å². The molecule has 0 saturated heterocycles. The first-order valence-electron chi connectivity index (χ1n) is 8.33. The van der Waals surface area contributed by atoms with Crippen LogP contribution in [0, 0.1) is 0 Å². The van der Waals surface area contributed by atoms with Crippen LogP contribution in [-0.4, -0.2) is 11.1 Å². The van der Waals surface area contributed by atoms with E-state index in [9.17, 15) is 5.11 Å². The van der Waals surface area contributed by atoms with Gasteiger partial charge in [0.05, 0.1) is 12.6 Å². The van der Waals surface area contributed by atoms with Crippen molar-refractivity contribution < 1.29 is 9.52 Å². The fourth-order valence-corrected chi connectivity index (χ4v) is 3.11. The summed E-state index contributed by atoms with van der Waals surface area (Å²) in [5.41, 5.74) is 1.97. The van der Waals surface area contributed by atoms with E-state index in [4.69, 9.17) is 4.42 Å². The van der Waals surface area contributed by atoms with E-state index in [2.05, 4.69) is 5.32 Å². The third-order valence-corrected chi connectivity index (χ3v) is 4.51. The summed E-state index contributed by atoms with van der Waals surface area (Å²) in [6.07, 6.45) is 6.21. The Labute approximate surface area is 132 Å². The Bertz CT molecular complexity index is 580. The van der Waals surface area contributed by atoms with Crippen molar-refractivity contribution in [2.45, 2.75) is 57.7 Å². The summed E-state index contributed by atoms with van der Waals surface area (Å²) < 4.78 is 5.94. The van der Waals surface area contributed by atoms with Crippen LogP contribution in [0.3, 0.4) is 0 Å². The zero-order valence-corrected chi connectivity index (χ0v) is 13.2. The lowest BCUT2D eigenvalue weighted by Crippen LogP contribution is -2.30. The lowest BCUT2D eigenvalue weighted by atomic mass is 9.95. The van der Waals surface area contributed by atoms with Crippen LogP contribution in [0.5, 0.6) is 0 Å². The Balaban J connectivity index is 1.60. The molecule has 1 saturated carbocycles. The van der Waals surface area contributed by atoms with Gasteiger partial charge in [-0.05, 0) is 37.5 Å². The molecule has 1 heterocycles. The number of rotatable bonds is 5. The molecule has 3 nitrogen and oxygen atoms in total. The molecule has 22 heavy (non-hydrogen) atoms. The van der Waals surface area contributed by atoms with E-state index >= 15 is 0 Å². The van der Waals surface area contributed by atoms with Crippen LogP contribution in [0.2, 0.25) is 0 Å². The molecule has 0 aliphatic heterocycles. The number of hydrogen-bond acceptors (Lipinski definition) is 3. The SMILES string of the molecule is C[C@H](O)c1ccc(-c2ccc(CNC3CCCCC3)o2)cc1. The Morgan fingerprint density at radius 2 is 1.82 bits per heavy atom. The first kappa shape index (κ1) is 15.3. The van der Waals surface area contributed by atoms with E-state index in [1.165, 1.54) is 32.1 Å². The van der Waals surface area contributed by atoms with Gasteiger partial charge in [0, 0.05) is 11.6 Å². The summed E-state index contributed by atoms with van der Waals surface area (Å²) in [5, 5.41) is 13.2. The second kappa shape index (κ2) is 7.12. The quantitative estimate of drug-likeness (QED) is 0.859. The van der Waals surface area contributed by atoms with Crippen molar-refractivity contribution in [3.8, 4) is 11.3 Å². The molecule has 0 amide bonds. The van der Waals surface area contributed by atoms with Crippen LogP contribution in [-0.2, 0) is 6.54 Å². The molecule has 0 bridgehead atoms. The lowest BCUT2D eigenvalue weighted by Gasteiger charge is -2.22. The highest BCUT2D eigenvalue weighted by Gasteiger charge is 2.13. The average Bonchev–Trinajstić information content (AvgIpc) is 3.03. The van der Waals surface area contributed by atoms with Gasteiger partial charge < -0.3 is 14.8 Å². The highest BCUT2D eigenvalue weighted by atomic mass is 16.3. The zero-order valence-electron chi connectivity index (χ0n) is 13.2. The van der Waals surface area contributed by atoms with Crippen LogP contribution in [0.25, 0.3) is 11.3 Å². The van der Waals surface area contributed by atoms with Crippen LogP contribution < -0.4 is 5.32 Å². The van der Waals surface area contributed by atoms with Crippen molar-refractivity contribution in [1.29, 1.82) is 0 Å². The molecule has 2 N–H and O–H groups in total. The van der Waals surface area contributed by atoms with Crippen molar-refractivity contribution in [3.05, 3.63) is 47.7 Å². The van der Waals surface area contributed by atoms with Gasteiger partial charge in [-0.15, -0.1) is 0 Å². The minimum atomic E-state index is -0.430. The molecule has 118 valence electrons. The molecule has 1 atom stereocenters. The standard InChI is InChI=1S/C19H25NO2/c1-14(21)15-7-9-16(10-8-15)19-12-11-18(22-19)13-20-17-5-3-2-4-6-17/h7-12,14,17,20-21H,2-6,13H2,1H3/t14-/m0/s1. The van der Waals surface area contributed by atoms with Crippen molar-refractivity contribution in [1.82, 2.24) is 5.32 Å². The largest absolute Gasteiger partial charge is 0.460 e.